The molecular weight excluding hydrogens is 200 g/mol. The van der Waals surface area contributed by atoms with Gasteiger partial charge in [0, 0.05) is 12.2 Å². The van der Waals surface area contributed by atoms with Gasteiger partial charge in [-0.1, -0.05) is 18.2 Å². The summed E-state index contributed by atoms with van der Waals surface area (Å²) >= 11 is 6.16. The van der Waals surface area contributed by atoms with Gasteiger partial charge in [-0.25, -0.2) is 0 Å². The summed E-state index contributed by atoms with van der Waals surface area (Å²) in [4.78, 5) is 0. The molecule has 1 aliphatic heterocycles. The molecule has 0 saturated carbocycles. The molecule has 0 N–H and O–H groups in total. The van der Waals surface area contributed by atoms with Gasteiger partial charge in [-0.05, 0) is 12.5 Å². The quantitative estimate of drug-likeness (QED) is 0.702. The smallest absolute Gasteiger partial charge is 0.124 e. The summed E-state index contributed by atoms with van der Waals surface area (Å²) in [5.41, 5.74) is 1.05. The van der Waals surface area contributed by atoms with Crippen molar-refractivity contribution in [2.45, 2.75) is 17.9 Å². The van der Waals surface area contributed by atoms with E-state index >= 15 is 0 Å². The Morgan fingerprint density at radius 1 is 1.43 bits per heavy atom. The SMILES string of the molecule is COc1ccccc1[C@H]1OCC[C@@H]1Cl. The second-order valence-corrected chi connectivity index (χ2v) is 3.90. The zero-order valence-electron chi connectivity index (χ0n) is 8.07. The minimum absolute atomic E-state index is 0.0205. The number of ether oxygens (including phenoxy) is 2. The molecule has 2 rings (SSSR count). The minimum Gasteiger partial charge on any atom is -0.496 e. The maximum atomic E-state index is 6.16. The Bertz CT molecular complexity index is 314. The van der Waals surface area contributed by atoms with Crippen LogP contribution < -0.4 is 4.74 Å². The molecule has 1 aliphatic rings. The fourth-order valence-electron chi connectivity index (χ4n) is 1.75. The molecule has 1 heterocycles. The van der Waals surface area contributed by atoms with Gasteiger partial charge in [0.1, 0.15) is 11.9 Å². The zero-order chi connectivity index (χ0) is 9.97. The van der Waals surface area contributed by atoms with Crippen LogP contribution in [-0.4, -0.2) is 19.1 Å². The van der Waals surface area contributed by atoms with Gasteiger partial charge in [0.2, 0.25) is 0 Å². The van der Waals surface area contributed by atoms with E-state index in [1.54, 1.807) is 7.11 Å². The zero-order valence-corrected chi connectivity index (χ0v) is 8.83. The number of methoxy groups -OCH3 is 1. The molecule has 0 aliphatic carbocycles. The standard InChI is InChI=1S/C11H13ClO2/c1-13-10-5-3-2-4-8(10)11-9(12)6-7-14-11/h2-5,9,11H,6-7H2,1H3/t9-,11+/m0/s1. The maximum absolute atomic E-state index is 6.16. The molecule has 1 saturated heterocycles. The van der Waals surface area contributed by atoms with Crippen molar-refractivity contribution in [3.63, 3.8) is 0 Å². The van der Waals surface area contributed by atoms with Crippen LogP contribution in [0, 0.1) is 0 Å². The summed E-state index contributed by atoms with van der Waals surface area (Å²) in [5.74, 6) is 0.852. The Hall–Kier alpha value is -0.730. The number of rotatable bonds is 2. The molecule has 0 amide bonds. The molecule has 76 valence electrons. The van der Waals surface area contributed by atoms with E-state index in [9.17, 15) is 0 Å². The van der Waals surface area contributed by atoms with Crippen LogP contribution in [0.4, 0.5) is 0 Å². The van der Waals surface area contributed by atoms with Gasteiger partial charge in [0.25, 0.3) is 0 Å². The third-order valence-corrected chi connectivity index (χ3v) is 2.91. The summed E-state index contributed by atoms with van der Waals surface area (Å²) in [6, 6.07) is 7.86. The second-order valence-electron chi connectivity index (χ2n) is 3.34. The van der Waals surface area contributed by atoms with Crippen LogP contribution in [0.15, 0.2) is 24.3 Å². The van der Waals surface area contributed by atoms with Gasteiger partial charge in [0.05, 0.1) is 12.5 Å². The molecule has 2 nitrogen and oxygen atoms in total. The molecule has 1 aromatic carbocycles. The van der Waals surface area contributed by atoms with E-state index in [2.05, 4.69) is 0 Å². The lowest BCUT2D eigenvalue weighted by Gasteiger charge is -2.16. The molecule has 0 radical (unpaired) electrons. The Kier molecular flexibility index (Phi) is 2.94. The average molecular weight is 213 g/mol. The van der Waals surface area contributed by atoms with Crippen LogP contribution in [0.5, 0.6) is 5.75 Å². The summed E-state index contributed by atoms with van der Waals surface area (Å²) in [7, 11) is 1.66. The van der Waals surface area contributed by atoms with E-state index in [-0.39, 0.29) is 11.5 Å². The highest BCUT2D eigenvalue weighted by atomic mass is 35.5. The van der Waals surface area contributed by atoms with Crippen molar-refractivity contribution in [2.24, 2.45) is 0 Å². The first-order chi connectivity index (χ1) is 6.83. The van der Waals surface area contributed by atoms with Crippen molar-refractivity contribution in [1.29, 1.82) is 0 Å². The average Bonchev–Trinajstić information content (AvgIpc) is 2.64. The van der Waals surface area contributed by atoms with E-state index < -0.39 is 0 Å². The number of alkyl halides is 1. The summed E-state index contributed by atoms with van der Waals surface area (Å²) < 4.78 is 10.8. The highest BCUT2D eigenvalue weighted by Gasteiger charge is 2.29. The van der Waals surface area contributed by atoms with Gasteiger partial charge < -0.3 is 9.47 Å². The third-order valence-electron chi connectivity index (χ3n) is 2.46. The van der Waals surface area contributed by atoms with Crippen LogP contribution in [0.1, 0.15) is 18.1 Å². The highest BCUT2D eigenvalue weighted by molar-refractivity contribution is 6.21. The molecule has 2 atom stereocenters. The Labute approximate surface area is 88.8 Å². The molecule has 3 heteroatoms. The molecule has 0 aromatic heterocycles. The summed E-state index contributed by atoms with van der Waals surface area (Å²) in [5, 5.41) is 0.0614. The summed E-state index contributed by atoms with van der Waals surface area (Å²) in [6.45, 7) is 0.733. The molecule has 14 heavy (non-hydrogen) atoms. The number of hydrogen-bond acceptors (Lipinski definition) is 2. The molecule has 0 unspecified atom stereocenters. The van der Waals surface area contributed by atoms with Crippen LogP contribution in [0.3, 0.4) is 0 Å². The normalized spacial score (nSPS) is 26.4. The third kappa shape index (κ3) is 1.72. The highest BCUT2D eigenvalue weighted by Crippen LogP contribution is 2.37. The van der Waals surface area contributed by atoms with Gasteiger partial charge >= 0.3 is 0 Å². The molecule has 1 fully saturated rings. The lowest BCUT2D eigenvalue weighted by atomic mass is 10.1. The van der Waals surface area contributed by atoms with Gasteiger partial charge in [-0.15, -0.1) is 11.6 Å². The molecular formula is C11H13ClO2. The van der Waals surface area contributed by atoms with E-state index in [4.69, 9.17) is 21.1 Å². The van der Waals surface area contributed by atoms with E-state index in [1.165, 1.54) is 0 Å². The predicted molar refractivity (Wildman–Crippen MR) is 55.9 cm³/mol. The van der Waals surface area contributed by atoms with E-state index in [0.717, 1.165) is 24.3 Å². The van der Waals surface area contributed by atoms with Gasteiger partial charge in [-0.3, -0.25) is 0 Å². The maximum Gasteiger partial charge on any atom is 0.124 e. The summed E-state index contributed by atoms with van der Waals surface area (Å²) in [6.07, 6.45) is 0.886. The fraction of sp³-hybridized carbons (Fsp3) is 0.455. The Morgan fingerprint density at radius 3 is 2.86 bits per heavy atom. The molecule has 0 bridgehead atoms. The number of hydrogen-bond donors (Lipinski definition) is 0. The molecule has 0 spiro atoms. The monoisotopic (exact) mass is 212 g/mol. The Morgan fingerprint density at radius 2 is 2.21 bits per heavy atom. The van der Waals surface area contributed by atoms with Crippen LogP contribution in [-0.2, 0) is 4.74 Å². The Balaban J connectivity index is 2.30. The number of halogens is 1. The fourth-order valence-corrected chi connectivity index (χ4v) is 2.05. The van der Waals surface area contributed by atoms with Crippen molar-refractivity contribution >= 4 is 11.6 Å². The van der Waals surface area contributed by atoms with Crippen molar-refractivity contribution in [2.75, 3.05) is 13.7 Å². The first kappa shape index (κ1) is 9.81. The largest absolute Gasteiger partial charge is 0.496 e. The second kappa shape index (κ2) is 4.20. The number of benzene rings is 1. The van der Waals surface area contributed by atoms with Crippen molar-refractivity contribution < 1.29 is 9.47 Å². The number of para-hydroxylation sites is 1. The van der Waals surface area contributed by atoms with Crippen LogP contribution in [0.2, 0.25) is 0 Å². The first-order valence-electron chi connectivity index (χ1n) is 4.71. The van der Waals surface area contributed by atoms with Crippen molar-refractivity contribution in [3.8, 4) is 5.75 Å². The predicted octanol–water partition coefficient (Wildman–Crippen LogP) is 2.76. The molecule has 1 aromatic rings. The van der Waals surface area contributed by atoms with E-state index in [0.29, 0.717) is 0 Å². The topological polar surface area (TPSA) is 18.5 Å². The van der Waals surface area contributed by atoms with Gasteiger partial charge in [-0.2, -0.15) is 0 Å². The lowest BCUT2D eigenvalue weighted by Crippen LogP contribution is -2.07. The lowest BCUT2D eigenvalue weighted by molar-refractivity contribution is 0.111. The van der Waals surface area contributed by atoms with Crippen LogP contribution in [0.25, 0.3) is 0 Å². The van der Waals surface area contributed by atoms with E-state index in [1.807, 2.05) is 24.3 Å². The van der Waals surface area contributed by atoms with Gasteiger partial charge in [0.15, 0.2) is 0 Å². The minimum atomic E-state index is -0.0205. The van der Waals surface area contributed by atoms with Crippen molar-refractivity contribution in [1.82, 2.24) is 0 Å². The van der Waals surface area contributed by atoms with Crippen LogP contribution >= 0.6 is 11.6 Å². The first-order valence-corrected chi connectivity index (χ1v) is 5.15. The van der Waals surface area contributed by atoms with Crippen molar-refractivity contribution in [3.05, 3.63) is 29.8 Å².